The van der Waals surface area contributed by atoms with Crippen LogP contribution in [0.25, 0.3) is 11.3 Å². The third kappa shape index (κ3) is 3.96. The Morgan fingerprint density at radius 2 is 2.10 bits per heavy atom. The van der Waals surface area contributed by atoms with E-state index in [0.717, 1.165) is 28.7 Å². The summed E-state index contributed by atoms with van der Waals surface area (Å²) in [5, 5.41) is 10.2. The molecule has 1 saturated heterocycles. The number of hydrogen-bond acceptors (Lipinski definition) is 8. The normalized spacial score (nSPS) is 13.8. The molecule has 2 aromatic heterocycles. The smallest absolute Gasteiger partial charge is 0.213 e. The van der Waals surface area contributed by atoms with Gasteiger partial charge in [0.05, 0.1) is 30.5 Å². The molecule has 8 heteroatoms. The molecule has 4 rings (SSSR count). The molecular formula is C22H21N5O2S. The van der Waals surface area contributed by atoms with E-state index < -0.39 is 0 Å². The zero-order valence-corrected chi connectivity index (χ0v) is 17.4. The topological polar surface area (TPSA) is 105 Å². The number of nitrogens with zero attached hydrogens (tertiary/aromatic N) is 4. The first kappa shape index (κ1) is 20.2. The van der Waals surface area contributed by atoms with Crippen molar-refractivity contribution in [3.8, 4) is 17.3 Å². The molecule has 7 nitrogen and oxygen atoms in total. The number of benzene rings is 1. The van der Waals surface area contributed by atoms with Crippen LogP contribution >= 0.6 is 11.3 Å². The molecule has 1 aliphatic rings. The van der Waals surface area contributed by atoms with Crippen LogP contribution in [0, 0.1) is 18.3 Å². The molecule has 3 heterocycles. The van der Waals surface area contributed by atoms with E-state index in [-0.39, 0.29) is 5.78 Å². The van der Waals surface area contributed by atoms with Gasteiger partial charge < -0.3 is 15.4 Å². The van der Waals surface area contributed by atoms with Gasteiger partial charge in [-0.05, 0) is 30.7 Å². The molecule has 3 aromatic rings. The van der Waals surface area contributed by atoms with Gasteiger partial charge in [-0.1, -0.05) is 12.1 Å². The van der Waals surface area contributed by atoms with E-state index in [2.05, 4.69) is 20.9 Å². The second kappa shape index (κ2) is 8.71. The van der Waals surface area contributed by atoms with Gasteiger partial charge in [0, 0.05) is 41.8 Å². The van der Waals surface area contributed by atoms with Gasteiger partial charge in [-0.2, -0.15) is 5.26 Å². The van der Waals surface area contributed by atoms with Crippen LogP contribution in [0.1, 0.15) is 32.1 Å². The zero-order chi connectivity index (χ0) is 21.1. The Morgan fingerprint density at radius 1 is 1.30 bits per heavy atom. The third-order valence-electron chi connectivity index (χ3n) is 5.01. The van der Waals surface area contributed by atoms with Gasteiger partial charge in [-0.15, -0.1) is 11.3 Å². The summed E-state index contributed by atoms with van der Waals surface area (Å²) in [6.07, 6.45) is 1.70. The number of morpholine rings is 1. The molecular weight excluding hydrogens is 398 g/mol. The van der Waals surface area contributed by atoms with Crippen LogP contribution in [0.15, 0.2) is 36.5 Å². The molecule has 1 aromatic carbocycles. The summed E-state index contributed by atoms with van der Waals surface area (Å²) in [7, 11) is 0. The minimum Gasteiger partial charge on any atom is -0.378 e. The Balaban J connectivity index is 1.74. The molecule has 0 bridgehead atoms. The molecule has 1 fully saturated rings. The molecule has 0 unspecified atom stereocenters. The number of ketones is 1. The lowest BCUT2D eigenvalue weighted by molar-refractivity contribution is 0.103. The maximum absolute atomic E-state index is 13.5. The van der Waals surface area contributed by atoms with Crippen LogP contribution in [0.3, 0.4) is 0 Å². The number of thiazole rings is 1. The summed E-state index contributed by atoms with van der Waals surface area (Å²) < 4.78 is 5.40. The quantitative estimate of drug-likeness (QED) is 0.634. The van der Waals surface area contributed by atoms with E-state index >= 15 is 0 Å². The first-order chi connectivity index (χ1) is 14.6. The summed E-state index contributed by atoms with van der Waals surface area (Å²) in [5.41, 5.74) is 9.15. The average molecular weight is 420 g/mol. The molecule has 1 aliphatic heterocycles. The lowest BCUT2D eigenvalue weighted by atomic mass is 9.96. The number of anilines is 1. The first-order valence-corrected chi connectivity index (χ1v) is 10.5. The number of hydrogen-bond donors (Lipinski definition) is 1. The zero-order valence-electron chi connectivity index (χ0n) is 16.6. The number of pyridine rings is 1. The van der Waals surface area contributed by atoms with Gasteiger partial charge in [0.25, 0.3) is 0 Å². The van der Waals surface area contributed by atoms with Gasteiger partial charge in [-0.25, -0.2) is 4.98 Å². The van der Waals surface area contributed by atoms with E-state index in [1.54, 1.807) is 24.4 Å². The Morgan fingerprint density at radius 3 is 2.77 bits per heavy atom. The summed E-state index contributed by atoms with van der Waals surface area (Å²) in [6, 6.07) is 10.9. The van der Waals surface area contributed by atoms with Gasteiger partial charge >= 0.3 is 0 Å². The van der Waals surface area contributed by atoms with Gasteiger partial charge in [0.15, 0.2) is 5.13 Å². The SMILES string of the molecule is Cc1sc(N2CCOCC2)nc1C(=O)c1cc(C#N)ccc1-c1ccc(CN)cn1. The summed E-state index contributed by atoms with van der Waals surface area (Å²) in [5.74, 6) is -0.208. The van der Waals surface area contributed by atoms with Gasteiger partial charge in [-0.3, -0.25) is 9.78 Å². The fourth-order valence-corrected chi connectivity index (χ4v) is 4.30. The summed E-state index contributed by atoms with van der Waals surface area (Å²) in [4.78, 5) is 25.6. The summed E-state index contributed by atoms with van der Waals surface area (Å²) in [6.45, 7) is 5.12. The van der Waals surface area contributed by atoms with Crippen molar-refractivity contribution in [2.75, 3.05) is 31.2 Å². The lowest BCUT2D eigenvalue weighted by Crippen LogP contribution is -2.36. The number of nitriles is 1. The second-order valence-corrected chi connectivity index (χ2v) is 8.14. The number of rotatable bonds is 5. The fourth-order valence-electron chi connectivity index (χ4n) is 3.34. The Hall–Kier alpha value is -3.12. The number of carbonyl (C=O) groups is 1. The van der Waals surface area contributed by atoms with Crippen molar-refractivity contribution < 1.29 is 9.53 Å². The van der Waals surface area contributed by atoms with Crippen LogP contribution in [-0.2, 0) is 11.3 Å². The molecule has 0 radical (unpaired) electrons. The Kier molecular flexibility index (Phi) is 5.86. The number of nitrogens with two attached hydrogens (primary N) is 1. The maximum atomic E-state index is 13.5. The largest absolute Gasteiger partial charge is 0.378 e. The van der Waals surface area contributed by atoms with Crippen LogP contribution in [-0.4, -0.2) is 42.1 Å². The van der Waals surface area contributed by atoms with Crippen molar-refractivity contribution in [1.82, 2.24) is 9.97 Å². The van der Waals surface area contributed by atoms with E-state index in [1.807, 2.05) is 19.1 Å². The van der Waals surface area contributed by atoms with E-state index in [0.29, 0.717) is 47.8 Å². The van der Waals surface area contributed by atoms with Crippen molar-refractivity contribution in [3.05, 3.63) is 63.8 Å². The van der Waals surface area contributed by atoms with Crippen LogP contribution in [0.2, 0.25) is 0 Å². The van der Waals surface area contributed by atoms with E-state index in [9.17, 15) is 10.1 Å². The molecule has 0 saturated carbocycles. The monoisotopic (exact) mass is 419 g/mol. The van der Waals surface area contributed by atoms with Crippen LogP contribution < -0.4 is 10.6 Å². The van der Waals surface area contributed by atoms with Crippen LogP contribution in [0.4, 0.5) is 5.13 Å². The van der Waals surface area contributed by atoms with Crippen molar-refractivity contribution in [2.24, 2.45) is 5.73 Å². The highest BCUT2D eigenvalue weighted by atomic mass is 32.1. The molecule has 0 aliphatic carbocycles. The number of ether oxygens (including phenoxy) is 1. The number of aromatic nitrogens is 2. The number of carbonyl (C=O) groups excluding carboxylic acids is 1. The predicted molar refractivity (Wildman–Crippen MR) is 116 cm³/mol. The van der Waals surface area contributed by atoms with Gasteiger partial charge in [0.1, 0.15) is 5.69 Å². The highest BCUT2D eigenvalue weighted by Gasteiger charge is 2.24. The van der Waals surface area contributed by atoms with Crippen molar-refractivity contribution in [2.45, 2.75) is 13.5 Å². The van der Waals surface area contributed by atoms with E-state index in [4.69, 9.17) is 10.5 Å². The predicted octanol–water partition coefficient (Wildman–Crippen LogP) is 2.91. The Labute approximate surface area is 178 Å². The molecule has 0 spiro atoms. The Bertz CT molecular complexity index is 1110. The summed E-state index contributed by atoms with van der Waals surface area (Å²) >= 11 is 1.50. The fraction of sp³-hybridized carbons (Fsp3) is 0.273. The highest BCUT2D eigenvalue weighted by molar-refractivity contribution is 7.15. The van der Waals surface area contributed by atoms with Crippen molar-refractivity contribution in [3.63, 3.8) is 0 Å². The second-order valence-electron chi connectivity index (χ2n) is 6.96. The van der Waals surface area contributed by atoms with Crippen molar-refractivity contribution in [1.29, 1.82) is 5.26 Å². The van der Waals surface area contributed by atoms with Crippen molar-refractivity contribution >= 4 is 22.3 Å². The van der Waals surface area contributed by atoms with E-state index in [1.165, 1.54) is 11.3 Å². The molecule has 0 amide bonds. The standard InChI is InChI=1S/C22H21N5O2S/c1-14-20(26-22(30-14)27-6-8-29-9-7-27)21(28)18-10-15(11-23)2-4-17(18)19-5-3-16(12-24)13-25-19/h2-5,10,13H,6-9,12,24H2,1H3. The van der Waals surface area contributed by atoms with Gasteiger partial charge in [0.2, 0.25) is 5.78 Å². The maximum Gasteiger partial charge on any atom is 0.213 e. The minimum atomic E-state index is -0.208. The molecule has 2 N–H and O–H groups in total. The average Bonchev–Trinajstić information content (AvgIpc) is 3.20. The minimum absolute atomic E-state index is 0.208. The molecule has 0 atom stereocenters. The molecule has 30 heavy (non-hydrogen) atoms. The lowest BCUT2D eigenvalue weighted by Gasteiger charge is -2.26. The molecule has 152 valence electrons. The first-order valence-electron chi connectivity index (χ1n) is 9.65. The third-order valence-corrected chi connectivity index (χ3v) is 6.04. The highest BCUT2D eigenvalue weighted by Crippen LogP contribution is 2.31. The number of aryl methyl sites for hydroxylation is 1. The van der Waals surface area contributed by atoms with Crippen LogP contribution in [0.5, 0.6) is 0 Å².